The van der Waals surface area contributed by atoms with Crippen LogP contribution in [0.4, 0.5) is 14.9 Å². The van der Waals surface area contributed by atoms with E-state index in [9.17, 15) is 9.18 Å². The first-order chi connectivity index (χ1) is 15.5. The number of amides is 2. The summed E-state index contributed by atoms with van der Waals surface area (Å²) in [7, 11) is 0. The summed E-state index contributed by atoms with van der Waals surface area (Å²) in [5.41, 5.74) is 2.51. The van der Waals surface area contributed by atoms with Gasteiger partial charge >= 0.3 is 6.03 Å². The van der Waals surface area contributed by atoms with Gasteiger partial charge in [0.15, 0.2) is 0 Å². The first-order valence-corrected chi connectivity index (χ1v) is 11.2. The highest BCUT2D eigenvalue weighted by molar-refractivity contribution is 5.79. The van der Waals surface area contributed by atoms with Crippen LogP contribution in [0.1, 0.15) is 25.8 Å². The Morgan fingerprint density at radius 3 is 2.66 bits per heavy atom. The number of nitrogens with zero attached hydrogens (tertiary/aromatic N) is 2. The highest BCUT2D eigenvalue weighted by Gasteiger charge is 2.24. The molecule has 1 fully saturated rings. The van der Waals surface area contributed by atoms with Gasteiger partial charge in [-0.25, -0.2) is 9.18 Å². The van der Waals surface area contributed by atoms with Crippen LogP contribution in [0.2, 0.25) is 0 Å². The van der Waals surface area contributed by atoms with Crippen LogP contribution in [0.3, 0.4) is 0 Å². The maximum atomic E-state index is 14.7. The standard InChI is InChI=1S/C25H31FN4O2/c1-18-16-30(17-19(2)32-18)24-9-8-20(14-22(24)26)15-28-25(31)27-11-5-12-29-13-10-21-6-3-4-7-23(21)29/h3-4,6-10,13-14,18-19H,5,11-12,15-17H2,1-2H3,(H2,27,28,31). The van der Waals surface area contributed by atoms with E-state index >= 15 is 0 Å². The monoisotopic (exact) mass is 438 g/mol. The maximum absolute atomic E-state index is 14.7. The van der Waals surface area contributed by atoms with Crippen molar-refractivity contribution in [2.45, 2.75) is 45.6 Å². The predicted octanol–water partition coefficient (Wildman–Crippen LogP) is 4.28. The second-order valence-corrected chi connectivity index (χ2v) is 8.48. The van der Waals surface area contributed by atoms with Gasteiger partial charge in [0.2, 0.25) is 0 Å². The van der Waals surface area contributed by atoms with Gasteiger partial charge in [0.1, 0.15) is 5.82 Å². The minimum Gasteiger partial charge on any atom is -0.372 e. The molecule has 2 unspecified atom stereocenters. The molecule has 0 aliphatic carbocycles. The van der Waals surface area contributed by atoms with Crippen molar-refractivity contribution < 1.29 is 13.9 Å². The van der Waals surface area contributed by atoms with Crippen molar-refractivity contribution in [3.8, 4) is 0 Å². The number of aromatic nitrogens is 1. The van der Waals surface area contributed by atoms with E-state index in [1.54, 1.807) is 6.07 Å². The number of morpholine rings is 1. The number of carbonyl (C=O) groups excluding carboxylic acids is 1. The third-order valence-corrected chi connectivity index (χ3v) is 5.77. The molecule has 170 valence electrons. The van der Waals surface area contributed by atoms with Crippen LogP contribution in [0.15, 0.2) is 54.7 Å². The fourth-order valence-electron chi connectivity index (χ4n) is 4.32. The summed E-state index contributed by atoms with van der Waals surface area (Å²) in [5, 5.41) is 6.89. The lowest BCUT2D eigenvalue weighted by atomic mass is 10.1. The number of rotatable bonds is 7. The second kappa shape index (κ2) is 10.0. The Hall–Kier alpha value is -3.06. The number of nitrogens with one attached hydrogen (secondary N) is 2. The van der Waals surface area contributed by atoms with Gasteiger partial charge in [-0.3, -0.25) is 0 Å². The lowest BCUT2D eigenvalue weighted by Gasteiger charge is -2.37. The van der Waals surface area contributed by atoms with E-state index < -0.39 is 0 Å². The lowest BCUT2D eigenvalue weighted by molar-refractivity contribution is -0.00539. The van der Waals surface area contributed by atoms with Crippen LogP contribution >= 0.6 is 0 Å². The number of hydrogen-bond acceptors (Lipinski definition) is 3. The van der Waals surface area contributed by atoms with Gasteiger partial charge in [0, 0.05) is 44.4 Å². The molecule has 4 rings (SSSR count). The highest BCUT2D eigenvalue weighted by Crippen LogP contribution is 2.24. The summed E-state index contributed by atoms with van der Waals surface area (Å²) in [4.78, 5) is 14.1. The van der Waals surface area contributed by atoms with E-state index in [1.165, 1.54) is 17.0 Å². The van der Waals surface area contributed by atoms with E-state index in [0.717, 1.165) is 18.5 Å². The second-order valence-electron chi connectivity index (χ2n) is 8.48. The van der Waals surface area contributed by atoms with E-state index in [4.69, 9.17) is 4.74 Å². The zero-order chi connectivity index (χ0) is 22.5. The molecule has 7 heteroatoms. The molecule has 6 nitrogen and oxygen atoms in total. The number of anilines is 1. The molecule has 2 amide bonds. The summed E-state index contributed by atoms with van der Waals surface area (Å²) in [5.74, 6) is -0.273. The number of para-hydroxylation sites is 1. The highest BCUT2D eigenvalue weighted by atomic mass is 19.1. The smallest absolute Gasteiger partial charge is 0.315 e. The number of urea groups is 1. The number of hydrogen-bond donors (Lipinski definition) is 2. The molecule has 1 saturated heterocycles. The first-order valence-electron chi connectivity index (χ1n) is 11.2. The SMILES string of the molecule is CC1CN(c2ccc(CNC(=O)NCCCn3ccc4ccccc43)cc2F)CC(C)O1. The Labute approximate surface area is 188 Å². The van der Waals surface area contributed by atoms with Crippen molar-refractivity contribution in [2.24, 2.45) is 0 Å². The van der Waals surface area contributed by atoms with E-state index in [1.807, 2.05) is 36.9 Å². The molecule has 3 aromatic rings. The Balaban J connectivity index is 1.21. The fraction of sp³-hybridized carbons (Fsp3) is 0.400. The Morgan fingerprint density at radius 1 is 1.09 bits per heavy atom. The molecule has 0 spiro atoms. The molecule has 2 heterocycles. The van der Waals surface area contributed by atoms with E-state index in [0.29, 0.717) is 25.3 Å². The van der Waals surface area contributed by atoms with Crippen molar-refractivity contribution in [3.63, 3.8) is 0 Å². The summed E-state index contributed by atoms with van der Waals surface area (Å²) >= 11 is 0. The zero-order valence-electron chi connectivity index (χ0n) is 18.7. The summed E-state index contributed by atoms with van der Waals surface area (Å²) in [6.45, 7) is 7.01. The van der Waals surface area contributed by atoms with Crippen LogP contribution < -0.4 is 15.5 Å². The van der Waals surface area contributed by atoms with Crippen LogP contribution in [0, 0.1) is 5.82 Å². The average Bonchev–Trinajstić information content (AvgIpc) is 3.18. The van der Waals surface area contributed by atoms with Gasteiger partial charge in [-0.05, 0) is 55.5 Å². The van der Waals surface area contributed by atoms with E-state index in [2.05, 4.69) is 39.6 Å². The summed E-state index contributed by atoms with van der Waals surface area (Å²) < 4.78 is 22.6. The number of halogens is 1. The third-order valence-electron chi connectivity index (χ3n) is 5.77. The van der Waals surface area contributed by atoms with Crippen molar-refractivity contribution in [3.05, 3.63) is 66.1 Å². The van der Waals surface area contributed by atoms with Crippen molar-refractivity contribution in [1.29, 1.82) is 0 Å². The Morgan fingerprint density at radius 2 is 1.88 bits per heavy atom. The number of benzene rings is 2. The molecule has 2 aromatic carbocycles. The molecule has 0 bridgehead atoms. The molecule has 32 heavy (non-hydrogen) atoms. The number of aryl methyl sites for hydroxylation is 1. The third kappa shape index (κ3) is 5.40. The van der Waals surface area contributed by atoms with Crippen LogP contribution in [-0.2, 0) is 17.8 Å². The minimum absolute atomic E-state index is 0.0689. The number of carbonyl (C=O) groups is 1. The van der Waals surface area contributed by atoms with Crippen molar-refractivity contribution in [1.82, 2.24) is 15.2 Å². The van der Waals surface area contributed by atoms with Gasteiger partial charge in [0.25, 0.3) is 0 Å². The molecule has 1 aliphatic heterocycles. The Kier molecular flexibility index (Phi) is 6.95. The quantitative estimate of drug-likeness (QED) is 0.541. The van der Waals surface area contributed by atoms with Crippen LogP contribution in [-0.4, -0.2) is 42.4 Å². The summed E-state index contributed by atoms with van der Waals surface area (Å²) in [6, 6.07) is 15.2. The van der Waals surface area contributed by atoms with Crippen molar-refractivity contribution in [2.75, 3.05) is 24.5 Å². The minimum atomic E-state index is -0.273. The molecule has 0 saturated carbocycles. The van der Waals surface area contributed by atoms with Crippen molar-refractivity contribution >= 4 is 22.6 Å². The molecule has 2 atom stereocenters. The summed E-state index contributed by atoms with van der Waals surface area (Å²) in [6.07, 6.45) is 3.03. The zero-order valence-corrected chi connectivity index (χ0v) is 18.7. The normalized spacial score (nSPS) is 18.7. The van der Waals surface area contributed by atoms with Crippen LogP contribution in [0.25, 0.3) is 10.9 Å². The van der Waals surface area contributed by atoms with E-state index in [-0.39, 0.29) is 30.6 Å². The molecule has 1 aromatic heterocycles. The first kappa shape index (κ1) is 22.1. The van der Waals surface area contributed by atoms with Gasteiger partial charge in [-0.1, -0.05) is 24.3 Å². The molecular weight excluding hydrogens is 407 g/mol. The number of fused-ring (bicyclic) bond motifs is 1. The molecule has 2 N–H and O–H groups in total. The molecule has 1 aliphatic rings. The topological polar surface area (TPSA) is 58.5 Å². The molecular formula is C25H31FN4O2. The molecule has 0 radical (unpaired) electrons. The fourth-order valence-corrected chi connectivity index (χ4v) is 4.32. The van der Waals surface area contributed by atoms with Crippen LogP contribution in [0.5, 0.6) is 0 Å². The van der Waals surface area contributed by atoms with Gasteiger partial charge in [-0.15, -0.1) is 0 Å². The lowest BCUT2D eigenvalue weighted by Crippen LogP contribution is -2.45. The van der Waals surface area contributed by atoms with Gasteiger partial charge in [0.05, 0.1) is 17.9 Å². The largest absolute Gasteiger partial charge is 0.372 e. The maximum Gasteiger partial charge on any atom is 0.315 e. The predicted molar refractivity (Wildman–Crippen MR) is 125 cm³/mol. The number of ether oxygens (including phenoxy) is 1. The average molecular weight is 439 g/mol. The van der Waals surface area contributed by atoms with Gasteiger partial charge in [-0.2, -0.15) is 0 Å². The Bertz CT molecular complexity index is 1060. The van der Waals surface area contributed by atoms with Gasteiger partial charge < -0.3 is 24.8 Å².